The lowest BCUT2D eigenvalue weighted by molar-refractivity contribution is -0.129. The standard InChI is InChI=1S/C25H19ClINO4/c1-2-30-23-14-16(6-11-22(23)31-15-17-4-3-5-19(26)12-17)13-21-25(29)32-24(28-21)18-7-9-20(27)10-8-18/h3-14H,2,15H2,1H3/b21-13-. The Hall–Kier alpha value is -2.84. The van der Waals surface area contributed by atoms with Crippen LogP contribution in [0.3, 0.4) is 0 Å². The summed E-state index contributed by atoms with van der Waals surface area (Å²) in [6.45, 7) is 2.74. The highest BCUT2D eigenvalue weighted by Crippen LogP contribution is 2.31. The Kier molecular flexibility index (Phi) is 7.12. The van der Waals surface area contributed by atoms with Gasteiger partial charge in [-0.05, 0) is 95.2 Å². The Morgan fingerprint density at radius 1 is 1.03 bits per heavy atom. The SMILES string of the molecule is CCOc1cc(/C=C2\N=C(c3ccc(I)cc3)OC2=O)ccc1OCc1cccc(Cl)c1. The van der Waals surface area contributed by atoms with E-state index in [1.807, 2.05) is 73.7 Å². The lowest BCUT2D eigenvalue weighted by Crippen LogP contribution is -2.05. The van der Waals surface area contributed by atoms with Crippen LogP contribution in [0.1, 0.15) is 23.6 Å². The highest BCUT2D eigenvalue weighted by Gasteiger charge is 2.24. The summed E-state index contributed by atoms with van der Waals surface area (Å²) in [6.07, 6.45) is 1.67. The normalized spacial score (nSPS) is 14.3. The molecular formula is C25H19ClINO4. The van der Waals surface area contributed by atoms with Gasteiger partial charge in [-0.3, -0.25) is 0 Å². The van der Waals surface area contributed by atoms with E-state index in [9.17, 15) is 4.79 Å². The van der Waals surface area contributed by atoms with Crippen LogP contribution in [0.5, 0.6) is 11.5 Å². The van der Waals surface area contributed by atoms with Crippen molar-refractivity contribution in [2.75, 3.05) is 6.61 Å². The van der Waals surface area contributed by atoms with Gasteiger partial charge < -0.3 is 14.2 Å². The minimum atomic E-state index is -0.488. The number of aliphatic imine (C=N–C) groups is 1. The zero-order chi connectivity index (χ0) is 22.5. The number of carbonyl (C=O) groups is 1. The minimum Gasteiger partial charge on any atom is -0.490 e. The van der Waals surface area contributed by atoms with E-state index in [4.69, 9.17) is 25.8 Å². The van der Waals surface area contributed by atoms with Crippen LogP contribution < -0.4 is 9.47 Å². The summed E-state index contributed by atoms with van der Waals surface area (Å²) in [7, 11) is 0. The maximum Gasteiger partial charge on any atom is 0.363 e. The first-order chi connectivity index (χ1) is 15.5. The fraction of sp³-hybridized carbons (Fsp3) is 0.120. The third kappa shape index (κ3) is 5.49. The van der Waals surface area contributed by atoms with E-state index in [1.165, 1.54) is 0 Å². The van der Waals surface area contributed by atoms with Gasteiger partial charge in [0.2, 0.25) is 5.90 Å². The second kappa shape index (κ2) is 10.2. The number of halogens is 2. The summed E-state index contributed by atoms with van der Waals surface area (Å²) in [4.78, 5) is 16.7. The molecule has 32 heavy (non-hydrogen) atoms. The monoisotopic (exact) mass is 559 g/mol. The Morgan fingerprint density at radius 2 is 1.84 bits per heavy atom. The van der Waals surface area contributed by atoms with Crippen LogP contribution >= 0.6 is 34.2 Å². The van der Waals surface area contributed by atoms with E-state index < -0.39 is 5.97 Å². The van der Waals surface area contributed by atoms with E-state index in [-0.39, 0.29) is 5.70 Å². The van der Waals surface area contributed by atoms with Crippen molar-refractivity contribution in [3.63, 3.8) is 0 Å². The molecule has 0 atom stereocenters. The van der Waals surface area contributed by atoms with Gasteiger partial charge >= 0.3 is 5.97 Å². The quantitative estimate of drug-likeness (QED) is 0.195. The fourth-order valence-electron chi connectivity index (χ4n) is 3.07. The third-order valence-corrected chi connectivity index (χ3v) is 5.52. The molecule has 1 aliphatic rings. The van der Waals surface area contributed by atoms with E-state index >= 15 is 0 Å². The first kappa shape index (κ1) is 22.4. The Balaban J connectivity index is 1.55. The average molecular weight is 560 g/mol. The molecule has 4 rings (SSSR count). The minimum absolute atomic E-state index is 0.230. The van der Waals surface area contributed by atoms with Crippen LogP contribution in [0.15, 0.2) is 77.4 Å². The van der Waals surface area contributed by atoms with Gasteiger partial charge in [0.15, 0.2) is 17.2 Å². The molecule has 0 bridgehead atoms. The number of rotatable bonds is 7. The molecule has 0 amide bonds. The van der Waals surface area contributed by atoms with E-state index in [2.05, 4.69) is 27.6 Å². The molecule has 0 fully saturated rings. The number of cyclic esters (lactones) is 1. The Morgan fingerprint density at radius 3 is 2.59 bits per heavy atom. The number of hydrogen-bond donors (Lipinski definition) is 0. The summed E-state index contributed by atoms with van der Waals surface area (Å²) in [6, 6.07) is 20.6. The molecule has 0 unspecified atom stereocenters. The van der Waals surface area contributed by atoms with Crippen molar-refractivity contribution >= 4 is 52.1 Å². The second-order valence-electron chi connectivity index (χ2n) is 6.90. The maximum absolute atomic E-state index is 12.3. The van der Waals surface area contributed by atoms with Gasteiger partial charge in [0.25, 0.3) is 0 Å². The van der Waals surface area contributed by atoms with Gasteiger partial charge in [-0.1, -0.05) is 29.8 Å². The molecule has 0 saturated heterocycles. The summed E-state index contributed by atoms with van der Waals surface area (Å²) >= 11 is 8.26. The summed E-state index contributed by atoms with van der Waals surface area (Å²) < 4.78 is 18.1. The Labute approximate surface area is 204 Å². The van der Waals surface area contributed by atoms with Crippen molar-refractivity contribution in [2.24, 2.45) is 4.99 Å². The van der Waals surface area contributed by atoms with Gasteiger partial charge in [-0.2, -0.15) is 0 Å². The van der Waals surface area contributed by atoms with E-state index in [0.717, 1.165) is 20.3 Å². The van der Waals surface area contributed by atoms with Crippen LogP contribution in [0.25, 0.3) is 6.08 Å². The van der Waals surface area contributed by atoms with Crippen LogP contribution in [0, 0.1) is 3.57 Å². The van der Waals surface area contributed by atoms with Crippen molar-refractivity contribution in [1.82, 2.24) is 0 Å². The van der Waals surface area contributed by atoms with Crippen molar-refractivity contribution in [3.05, 3.63) is 97.7 Å². The smallest absolute Gasteiger partial charge is 0.363 e. The molecule has 0 aliphatic carbocycles. The largest absolute Gasteiger partial charge is 0.490 e. The highest BCUT2D eigenvalue weighted by molar-refractivity contribution is 14.1. The van der Waals surface area contributed by atoms with Gasteiger partial charge in [-0.15, -0.1) is 0 Å². The molecule has 7 heteroatoms. The molecule has 3 aromatic carbocycles. The topological polar surface area (TPSA) is 57.1 Å². The molecular weight excluding hydrogens is 541 g/mol. The summed E-state index contributed by atoms with van der Waals surface area (Å²) in [5.41, 5.74) is 2.69. The first-order valence-electron chi connectivity index (χ1n) is 9.94. The summed E-state index contributed by atoms with van der Waals surface area (Å²) in [5, 5.41) is 0.659. The van der Waals surface area contributed by atoms with Gasteiger partial charge in [0.1, 0.15) is 6.61 Å². The second-order valence-corrected chi connectivity index (χ2v) is 8.58. The van der Waals surface area contributed by atoms with Crippen LogP contribution in [0.2, 0.25) is 5.02 Å². The Bertz CT molecular complexity index is 1200. The van der Waals surface area contributed by atoms with Crippen molar-refractivity contribution in [1.29, 1.82) is 0 Å². The zero-order valence-electron chi connectivity index (χ0n) is 17.2. The molecule has 0 N–H and O–H groups in total. The number of ether oxygens (including phenoxy) is 3. The third-order valence-electron chi connectivity index (χ3n) is 4.57. The average Bonchev–Trinajstić information content (AvgIpc) is 3.14. The molecule has 0 saturated carbocycles. The molecule has 0 spiro atoms. The predicted molar refractivity (Wildman–Crippen MR) is 133 cm³/mol. The van der Waals surface area contributed by atoms with E-state index in [0.29, 0.717) is 35.6 Å². The highest BCUT2D eigenvalue weighted by atomic mass is 127. The van der Waals surface area contributed by atoms with Crippen molar-refractivity contribution in [2.45, 2.75) is 13.5 Å². The van der Waals surface area contributed by atoms with Crippen molar-refractivity contribution < 1.29 is 19.0 Å². The number of esters is 1. The first-order valence-corrected chi connectivity index (χ1v) is 11.4. The number of nitrogens with zero attached hydrogens (tertiary/aromatic N) is 1. The number of carbonyl (C=O) groups excluding carboxylic acids is 1. The predicted octanol–water partition coefficient (Wildman–Crippen LogP) is 6.27. The van der Waals surface area contributed by atoms with Crippen LogP contribution in [-0.4, -0.2) is 18.5 Å². The molecule has 162 valence electrons. The lowest BCUT2D eigenvalue weighted by atomic mass is 10.1. The number of hydrogen-bond acceptors (Lipinski definition) is 5. The van der Waals surface area contributed by atoms with Crippen LogP contribution in [-0.2, 0) is 16.1 Å². The zero-order valence-corrected chi connectivity index (χ0v) is 20.1. The summed E-state index contributed by atoms with van der Waals surface area (Å²) in [5.74, 6) is 0.991. The molecule has 1 heterocycles. The van der Waals surface area contributed by atoms with Gasteiger partial charge in [-0.25, -0.2) is 9.79 Å². The fourth-order valence-corrected chi connectivity index (χ4v) is 3.65. The molecule has 0 aromatic heterocycles. The van der Waals surface area contributed by atoms with Gasteiger partial charge in [0, 0.05) is 14.2 Å². The molecule has 5 nitrogen and oxygen atoms in total. The molecule has 3 aromatic rings. The van der Waals surface area contributed by atoms with E-state index in [1.54, 1.807) is 6.08 Å². The van der Waals surface area contributed by atoms with Crippen LogP contribution in [0.4, 0.5) is 0 Å². The number of benzene rings is 3. The van der Waals surface area contributed by atoms with Crippen molar-refractivity contribution in [3.8, 4) is 11.5 Å². The van der Waals surface area contributed by atoms with Gasteiger partial charge in [0.05, 0.1) is 6.61 Å². The molecule has 1 aliphatic heterocycles. The molecule has 0 radical (unpaired) electrons. The maximum atomic E-state index is 12.3. The lowest BCUT2D eigenvalue weighted by Gasteiger charge is -2.13.